The minimum Gasteiger partial charge on any atom is -0.453 e. The molecule has 0 saturated heterocycles. The highest BCUT2D eigenvalue weighted by Crippen LogP contribution is 2.40. The number of allylic oxidation sites excluding steroid dienone is 2. The van der Waals surface area contributed by atoms with E-state index in [-0.39, 0.29) is 17.5 Å². The van der Waals surface area contributed by atoms with Gasteiger partial charge in [-0.1, -0.05) is 41.4 Å². The number of carbonyl (C=O) groups is 2. The number of esters is 1. The fraction of sp³-hybridized carbons (Fsp3) is 0.158. The summed E-state index contributed by atoms with van der Waals surface area (Å²) in [5.74, 6) is -0.226. The summed E-state index contributed by atoms with van der Waals surface area (Å²) in [7, 11) is 0. The van der Waals surface area contributed by atoms with Gasteiger partial charge >= 0.3 is 5.97 Å². The second-order valence-electron chi connectivity index (χ2n) is 5.87. The van der Waals surface area contributed by atoms with Crippen molar-refractivity contribution < 1.29 is 19.1 Å². The van der Waals surface area contributed by atoms with Crippen LogP contribution in [0.4, 0.5) is 0 Å². The predicted octanol–water partition coefficient (Wildman–Crippen LogP) is 3.59. The van der Waals surface area contributed by atoms with Crippen LogP contribution in [0.1, 0.15) is 12.5 Å². The second kappa shape index (κ2) is 5.49. The number of ether oxygens (including phenoxy) is 2. The van der Waals surface area contributed by atoms with Crippen molar-refractivity contribution in [2.24, 2.45) is 5.92 Å². The third-order valence-corrected chi connectivity index (χ3v) is 4.67. The first-order valence-corrected chi connectivity index (χ1v) is 7.92. The second-order valence-corrected chi connectivity index (χ2v) is 6.28. The Hall–Kier alpha value is -2.59. The molecule has 1 aliphatic carbocycles. The molecule has 2 atom stereocenters. The van der Waals surface area contributed by atoms with Crippen LogP contribution >= 0.6 is 11.6 Å². The summed E-state index contributed by atoms with van der Waals surface area (Å²) >= 11 is 6.14. The number of carbonyl (C=O) groups excluding carboxylic acids is 2. The van der Waals surface area contributed by atoms with Crippen molar-refractivity contribution in [2.45, 2.75) is 13.0 Å². The van der Waals surface area contributed by atoms with Gasteiger partial charge in [0.2, 0.25) is 5.78 Å². The van der Waals surface area contributed by atoms with Gasteiger partial charge in [-0.05, 0) is 30.7 Å². The molecule has 0 radical (unpaired) electrons. The molecule has 0 spiro atoms. The lowest BCUT2D eigenvalue weighted by molar-refractivity contribution is -0.144. The Bertz CT molecular complexity index is 888. The van der Waals surface area contributed by atoms with Crippen LogP contribution < -0.4 is 0 Å². The number of halogens is 1. The van der Waals surface area contributed by atoms with Crippen molar-refractivity contribution in [2.75, 3.05) is 0 Å². The molecule has 4 nitrogen and oxygen atoms in total. The van der Waals surface area contributed by atoms with E-state index in [1.807, 2.05) is 25.1 Å². The lowest BCUT2D eigenvalue weighted by Gasteiger charge is -2.30. The molecule has 0 saturated carbocycles. The lowest BCUT2D eigenvalue weighted by Crippen LogP contribution is -2.35. The van der Waals surface area contributed by atoms with Crippen LogP contribution in [-0.4, -0.2) is 17.9 Å². The molecule has 0 aromatic heterocycles. The van der Waals surface area contributed by atoms with Gasteiger partial charge in [-0.25, -0.2) is 4.79 Å². The number of hydrogen-bond acceptors (Lipinski definition) is 4. The van der Waals surface area contributed by atoms with E-state index >= 15 is 0 Å². The number of fused-ring (bicyclic) bond motifs is 2. The molecule has 2 aliphatic heterocycles. The zero-order valence-electron chi connectivity index (χ0n) is 12.8. The van der Waals surface area contributed by atoms with Gasteiger partial charge in [0.15, 0.2) is 5.76 Å². The van der Waals surface area contributed by atoms with Gasteiger partial charge in [0.1, 0.15) is 11.9 Å². The summed E-state index contributed by atoms with van der Waals surface area (Å²) in [4.78, 5) is 24.5. The van der Waals surface area contributed by atoms with E-state index in [1.165, 1.54) is 6.08 Å². The molecule has 0 N–H and O–H groups in total. The quantitative estimate of drug-likeness (QED) is 0.579. The van der Waals surface area contributed by atoms with Gasteiger partial charge in [0, 0.05) is 17.0 Å². The third kappa shape index (κ3) is 2.31. The molecule has 1 aromatic rings. The first-order valence-electron chi connectivity index (χ1n) is 7.54. The Morgan fingerprint density at radius 1 is 1.21 bits per heavy atom. The molecule has 0 bridgehead atoms. The summed E-state index contributed by atoms with van der Waals surface area (Å²) in [5, 5.41) is 0.530. The summed E-state index contributed by atoms with van der Waals surface area (Å²) in [6.07, 6.45) is 6.09. The lowest BCUT2D eigenvalue weighted by atomic mass is 9.82. The Labute approximate surface area is 143 Å². The minimum atomic E-state index is -0.632. The topological polar surface area (TPSA) is 52.6 Å². The van der Waals surface area contributed by atoms with Crippen LogP contribution in [-0.2, 0) is 19.1 Å². The first kappa shape index (κ1) is 15.0. The molecule has 4 rings (SSSR count). The molecule has 3 aliphatic rings. The Kier molecular flexibility index (Phi) is 3.43. The number of rotatable bonds is 1. The SMILES string of the molecule is CC1=CC(=O)OC2C3=C(C=CC12)O/C(=C\c1ccccc1Cl)C3=O. The standard InChI is InChI=1S/C19H13ClO4/c1-10-8-16(21)24-19-12(10)6-7-14-17(19)18(22)15(23-14)9-11-4-2-3-5-13(11)20/h2-9,12,19H,1H3/b15-9-. The fourth-order valence-electron chi connectivity index (χ4n) is 3.12. The maximum absolute atomic E-state index is 12.8. The van der Waals surface area contributed by atoms with Gasteiger partial charge in [-0.15, -0.1) is 0 Å². The number of ketones is 1. The van der Waals surface area contributed by atoms with Crippen molar-refractivity contribution >= 4 is 29.4 Å². The van der Waals surface area contributed by atoms with E-state index in [1.54, 1.807) is 24.3 Å². The zero-order chi connectivity index (χ0) is 16.8. The third-order valence-electron chi connectivity index (χ3n) is 4.33. The molecule has 24 heavy (non-hydrogen) atoms. The molecular formula is C19H13ClO4. The highest BCUT2D eigenvalue weighted by molar-refractivity contribution is 6.32. The summed E-state index contributed by atoms with van der Waals surface area (Å²) in [5.41, 5.74) is 1.96. The maximum atomic E-state index is 12.8. The monoisotopic (exact) mass is 340 g/mol. The van der Waals surface area contributed by atoms with Crippen molar-refractivity contribution in [1.29, 1.82) is 0 Å². The average Bonchev–Trinajstić information content (AvgIpc) is 2.86. The van der Waals surface area contributed by atoms with E-state index in [0.717, 1.165) is 5.57 Å². The van der Waals surface area contributed by atoms with E-state index in [2.05, 4.69) is 0 Å². The number of Topliss-reactive ketones (excluding diaryl/α,β-unsaturated/α-hetero) is 1. The molecule has 0 amide bonds. The van der Waals surface area contributed by atoms with Gasteiger partial charge < -0.3 is 9.47 Å². The molecule has 5 heteroatoms. The van der Waals surface area contributed by atoms with E-state index in [9.17, 15) is 9.59 Å². The van der Waals surface area contributed by atoms with Crippen molar-refractivity contribution in [3.63, 3.8) is 0 Å². The minimum absolute atomic E-state index is 0.131. The van der Waals surface area contributed by atoms with Crippen LogP contribution in [0.5, 0.6) is 0 Å². The predicted molar refractivity (Wildman–Crippen MR) is 88.8 cm³/mol. The van der Waals surface area contributed by atoms with Crippen LogP contribution in [0.2, 0.25) is 5.02 Å². The summed E-state index contributed by atoms with van der Waals surface area (Å²) < 4.78 is 11.1. The van der Waals surface area contributed by atoms with Crippen LogP contribution in [0.25, 0.3) is 6.08 Å². The number of benzene rings is 1. The Morgan fingerprint density at radius 3 is 2.79 bits per heavy atom. The molecule has 0 fully saturated rings. The smallest absolute Gasteiger partial charge is 0.331 e. The van der Waals surface area contributed by atoms with Crippen molar-refractivity contribution in [3.8, 4) is 0 Å². The van der Waals surface area contributed by atoms with Gasteiger partial charge in [0.25, 0.3) is 0 Å². The molecule has 1 aromatic carbocycles. The largest absolute Gasteiger partial charge is 0.453 e. The maximum Gasteiger partial charge on any atom is 0.331 e. The van der Waals surface area contributed by atoms with Crippen LogP contribution in [0.3, 0.4) is 0 Å². The van der Waals surface area contributed by atoms with Crippen molar-refractivity contribution in [3.05, 3.63) is 75.7 Å². The first-order chi connectivity index (χ1) is 11.5. The molecular weight excluding hydrogens is 328 g/mol. The molecule has 120 valence electrons. The fourth-order valence-corrected chi connectivity index (χ4v) is 3.31. The molecule has 2 unspecified atom stereocenters. The van der Waals surface area contributed by atoms with Crippen LogP contribution in [0, 0.1) is 5.92 Å². The average molecular weight is 341 g/mol. The van der Waals surface area contributed by atoms with Gasteiger partial charge in [-0.3, -0.25) is 4.79 Å². The summed E-state index contributed by atoms with van der Waals surface area (Å²) in [6.45, 7) is 1.86. The van der Waals surface area contributed by atoms with E-state index < -0.39 is 12.1 Å². The van der Waals surface area contributed by atoms with Crippen molar-refractivity contribution in [1.82, 2.24) is 0 Å². The van der Waals surface area contributed by atoms with E-state index in [0.29, 0.717) is 21.9 Å². The zero-order valence-corrected chi connectivity index (χ0v) is 13.5. The highest BCUT2D eigenvalue weighted by Gasteiger charge is 2.44. The van der Waals surface area contributed by atoms with Gasteiger partial charge in [0.05, 0.1) is 5.57 Å². The molecule has 2 heterocycles. The van der Waals surface area contributed by atoms with Crippen LogP contribution in [0.15, 0.2) is 65.2 Å². The normalized spacial score (nSPS) is 26.8. The van der Waals surface area contributed by atoms with E-state index in [4.69, 9.17) is 21.1 Å². The Balaban J connectivity index is 1.71. The summed E-state index contributed by atoms with van der Waals surface area (Å²) in [6, 6.07) is 7.19. The highest BCUT2D eigenvalue weighted by atomic mass is 35.5. The Morgan fingerprint density at radius 2 is 2.00 bits per heavy atom. The van der Waals surface area contributed by atoms with Gasteiger partial charge in [-0.2, -0.15) is 0 Å². The number of hydrogen-bond donors (Lipinski definition) is 0.